The van der Waals surface area contributed by atoms with Crippen molar-refractivity contribution in [3.63, 3.8) is 0 Å². The maximum absolute atomic E-state index is 13.6. The van der Waals surface area contributed by atoms with Gasteiger partial charge in [-0.05, 0) is 55.0 Å². The number of hydrogen-bond donors (Lipinski definition) is 1. The van der Waals surface area contributed by atoms with Gasteiger partial charge in [-0.25, -0.2) is 8.42 Å². The van der Waals surface area contributed by atoms with Crippen molar-refractivity contribution in [2.75, 3.05) is 17.9 Å². The van der Waals surface area contributed by atoms with E-state index in [1.54, 1.807) is 30.3 Å². The fourth-order valence-electron chi connectivity index (χ4n) is 3.71. The second kappa shape index (κ2) is 12.0. The Hall–Kier alpha value is -3.38. The fourth-order valence-corrected chi connectivity index (χ4v) is 5.58. The normalized spacial score (nSPS) is 12.5. The van der Waals surface area contributed by atoms with Crippen LogP contribution in [-0.2, 0) is 32.3 Å². The number of amides is 2. The molecule has 0 aliphatic rings. The molecule has 0 radical (unpaired) electrons. The quantitative estimate of drug-likeness (QED) is 0.376. The first-order chi connectivity index (χ1) is 17.8. The number of alkyl halides is 3. The average molecular weight is 612 g/mol. The van der Waals surface area contributed by atoms with Gasteiger partial charge in [-0.15, -0.1) is 0 Å². The van der Waals surface area contributed by atoms with Gasteiger partial charge in [0.05, 0.1) is 16.1 Å². The van der Waals surface area contributed by atoms with Gasteiger partial charge in [0.2, 0.25) is 11.8 Å². The summed E-state index contributed by atoms with van der Waals surface area (Å²) in [5, 5.41) is 2.46. The van der Waals surface area contributed by atoms with Crippen LogP contribution in [0.15, 0.2) is 88.2 Å². The number of carbonyl (C=O) groups excluding carboxylic acids is 2. The van der Waals surface area contributed by atoms with E-state index in [9.17, 15) is 31.2 Å². The highest BCUT2D eigenvalue weighted by Gasteiger charge is 2.35. The smallest absolute Gasteiger partial charge is 0.357 e. The summed E-state index contributed by atoms with van der Waals surface area (Å²) in [5.74, 6) is -1.28. The molecule has 38 heavy (non-hydrogen) atoms. The van der Waals surface area contributed by atoms with Crippen molar-refractivity contribution in [3.8, 4) is 0 Å². The van der Waals surface area contributed by atoms with Gasteiger partial charge >= 0.3 is 6.18 Å². The van der Waals surface area contributed by atoms with Crippen LogP contribution in [0.25, 0.3) is 0 Å². The molecule has 3 rings (SSSR count). The van der Waals surface area contributed by atoms with E-state index in [4.69, 9.17) is 0 Å². The SMILES string of the molecule is CNC(=O)[C@@H](C)N(Cc1cccc(Br)c1)C(=O)CN(c1cccc(C(F)(F)F)c1)S(=O)(=O)c1ccccc1. The average Bonchev–Trinajstić information content (AvgIpc) is 2.89. The molecule has 0 saturated heterocycles. The van der Waals surface area contributed by atoms with Gasteiger partial charge in [0, 0.05) is 18.1 Å². The van der Waals surface area contributed by atoms with Crippen LogP contribution in [0.5, 0.6) is 0 Å². The number of nitrogens with zero attached hydrogens (tertiary/aromatic N) is 2. The predicted molar refractivity (Wildman–Crippen MR) is 141 cm³/mol. The molecule has 3 aromatic carbocycles. The largest absolute Gasteiger partial charge is 0.416 e. The molecule has 2 amide bonds. The molecule has 0 fully saturated rings. The lowest BCUT2D eigenvalue weighted by atomic mass is 10.1. The summed E-state index contributed by atoms with van der Waals surface area (Å²) >= 11 is 3.35. The molecule has 0 aromatic heterocycles. The van der Waals surface area contributed by atoms with Crippen LogP contribution in [0.4, 0.5) is 18.9 Å². The summed E-state index contributed by atoms with van der Waals surface area (Å²) in [4.78, 5) is 27.1. The van der Waals surface area contributed by atoms with Crippen LogP contribution in [0.1, 0.15) is 18.1 Å². The number of nitrogens with one attached hydrogen (secondary N) is 1. The molecule has 202 valence electrons. The number of likely N-dealkylation sites (N-methyl/N-ethyl adjacent to an activating group) is 1. The Morgan fingerprint density at radius 3 is 2.24 bits per heavy atom. The number of anilines is 1. The highest BCUT2D eigenvalue weighted by atomic mass is 79.9. The van der Waals surface area contributed by atoms with Gasteiger partial charge in [0.1, 0.15) is 12.6 Å². The summed E-state index contributed by atoms with van der Waals surface area (Å²) < 4.78 is 68.9. The number of rotatable bonds is 9. The van der Waals surface area contributed by atoms with Crippen molar-refractivity contribution in [1.82, 2.24) is 10.2 Å². The van der Waals surface area contributed by atoms with E-state index < -0.39 is 46.2 Å². The lowest BCUT2D eigenvalue weighted by Crippen LogP contribution is -2.50. The Kier molecular flexibility index (Phi) is 9.21. The molecular weight excluding hydrogens is 587 g/mol. The maximum atomic E-state index is 13.6. The third kappa shape index (κ3) is 6.93. The van der Waals surface area contributed by atoms with E-state index in [0.717, 1.165) is 16.6 Å². The summed E-state index contributed by atoms with van der Waals surface area (Å²) in [6, 6.07) is 16.8. The summed E-state index contributed by atoms with van der Waals surface area (Å²) in [7, 11) is -3.07. The summed E-state index contributed by atoms with van der Waals surface area (Å²) in [6.45, 7) is 0.595. The van der Waals surface area contributed by atoms with Crippen LogP contribution in [0.3, 0.4) is 0 Å². The summed E-state index contributed by atoms with van der Waals surface area (Å²) in [6.07, 6.45) is -4.73. The van der Waals surface area contributed by atoms with Crippen LogP contribution < -0.4 is 9.62 Å². The van der Waals surface area contributed by atoms with Crippen LogP contribution in [0, 0.1) is 0 Å². The van der Waals surface area contributed by atoms with Crippen molar-refractivity contribution in [2.24, 2.45) is 0 Å². The number of hydrogen-bond acceptors (Lipinski definition) is 4. The van der Waals surface area contributed by atoms with Crippen molar-refractivity contribution in [2.45, 2.75) is 30.6 Å². The first-order valence-corrected chi connectivity index (χ1v) is 13.6. The zero-order valence-corrected chi connectivity index (χ0v) is 22.8. The van der Waals surface area contributed by atoms with Gasteiger partial charge in [-0.2, -0.15) is 13.2 Å². The lowest BCUT2D eigenvalue weighted by molar-refractivity contribution is -0.139. The molecule has 7 nitrogen and oxygen atoms in total. The van der Waals surface area contributed by atoms with E-state index >= 15 is 0 Å². The van der Waals surface area contributed by atoms with Gasteiger partial charge in [-0.1, -0.05) is 52.3 Å². The Bertz CT molecular complexity index is 1400. The Morgan fingerprint density at radius 1 is 0.974 bits per heavy atom. The molecule has 0 aliphatic carbocycles. The summed E-state index contributed by atoms with van der Waals surface area (Å²) in [5.41, 5.74) is -0.757. The number of sulfonamides is 1. The second-order valence-electron chi connectivity index (χ2n) is 8.31. The molecule has 3 aromatic rings. The van der Waals surface area contributed by atoms with Crippen LogP contribution in [-0.4, -0.2) is 44.8 Å². The monoisotopic (exact) mass is 611 g/mol. The molecule has 1 atom stereocenters. The van der Waals surface area contributed by atoms with Gasteiger partial charge < -0.3 is 10.2 Å². The molecule has 0 unspecified atom stereocenters. The highest BCUT2D eigenvalue weighted by molar-refractivity contribution is 9.10. The maximum Gasteiger partial charge on any atom is 0.416 e. The molecule has 12 heteroatoms. The molecule has 0 saturated carbocycles. The molecule has 0 spiro atoms. The third-order valence-corrected chi connectivity index (χ3v) is 8.01. The highest BCUT2D eigenvalue weighted by Crippen LogP contribution is 2.33. The van der Waals surface area contributed by atoms with Crippen molar-refractivity contribution in [3.05, 3.63) is 94.5 Å². The van der Waals surface area contributed by atoms with Crippen LogP contribution in [0.2, 0.25) is 0 Å². The molecule has 0 bridgehead atoms. The van der Waals surface area contributed by atoms with E-state index in [2.05, 4.69) is 21.2 Å². The molecular formula is C26H25BrF3N3O4S. The van der Waals surface area contributed by atoms with Crippen molar-refractivity contribution >= 4 is 43.5 Å². The minimum atomic E-state index is -4.73. The third-order valence-electron chi connectivity index (χ3n) is 5.73. The first kappa shape index (κ1) is 29.2. The van der Waals surface area contributed by atoms with Gasteiger partial charge in [-0.3, -0.25) is 13.9 Å². The minimum absolute atomic E-state index is 0.0469. The molecule has 0 aliphatic heterocycles. The second-order valence-corrected chi connectivity index (χ2v) is 11.1. The molecule has 0 heterocycles. The van der Waals surface area contributed by atoms with E-state index in [0.29, 0.717) is 15.9 Å². The van der Waals surface area contributed by atoms with Crippen molar-refractivity contribution < 1.29 is 31.2 Å². The van der Waals surface area contributed by atoms with E-state index in [1.807, 2.05) is 0 Å². The number of carbonyl (C=O) groups is 2. The number of halogens is 4. The fraction of sp³-hybridized carbons (Fsp3) is 0.231. The van der Waals surface area contributed by atoms with E-state index in [1.165, 1.54) is 49.2 Å². The first-order valence-electron chi connectivity index (χ1n) is 11.3. The van der Waals surface area contributed by atoms with Crippen LogP contribution >= 0.6 is 15.9 Å². The molecule has 1 N–H and O–H groups in total. The standard InChI is InChI=1S/C26H25BrF3N3O4S/c1-18(25(35)31-2)32(16-19-8-6-10-21(27)14-19)24(34)17-33(38(36,37)23-12-4-3-5-13-23)22-11-7-9-20(15-22)26(28,29)30/h3-15,18H,16-17H2,1-2H3,(H,31,35)/t18-/m1/s1. The topological polar surface area (TPSA) is 86.8 Å². The van der Waals surface area contributed by atoms with Crippen molar-refractivity contribution in [1.29, 1.82) is 0 Å². The Morgan fingerprint density at radius 2 is 1.63 bits per heavy atom. The lowest BCUT2D eigenvalue weighted by Gasteiger charge is -2.32. The number of benzene rings is 3. The van der Waals surface area contributed by atoms with E-state index in [-0.39, 0.29) is 17.1 Å². The minimum Gasteiger partial charge on any atom is -0.357 e. The zero-order valence-electron chi connectivity index (χ0n) is 20.4. The Labute approximate surface area is 227 Å². The Balaban J connectivity index is 2.08. The van der Waals surface area contributed by atoms with Gasteiger partial charge in [0.15, 0.2) is 0 Å². The van der Waals surface area contributed by atoms with Gasteiger partial charge in [0.25, 0.3) is 10.0 Å². The zero-order chi connectivity index (χ0) is 28.1. The predicted octanol–water partition coefficient (Wildman–Crippen LogP) is 4.83.